The Hall–Kier alpha value is -2.30. The van der Waals surface area contributed by atoms with Gasteiger partial charge in [-0.25, -0.2) is 9.67 Å². The van der Waals surface area contributed by atoms with Crippen LogP contribution in [0.15, 0.2) is 37.1 Å². The van der Waals surface area contributed by atoms with Crippen molar-refractivity contribution < 1.29 is 4.74 Å². The van der Waals surface area contributed by atoms with E-state index in [4.69, 9.17) is 4.74 Å². The highest BCUT2D eigenvalue weighted by atomic mass is 16.5. The highest BCUT2D eigenvalue weighted by molar-refractivity contribution is 5.86. The molecule has 3 aromatic rings. The molecule has 0 aliphatic rings. The Morgan fingerprint density at radius 1 is 1.41 bits per heavy atom. The first-order valence-electron chi connectivity index (χ1n) is 5.33. The van der Waals surface area contributed by atoms with E-state index in [1.54, 1.807) is 18.1 Å². The van der Waals surface area contributed by atoms with Crippen molar-refractivity contribution in [3.8, 4) is 5.75 Å². The highest BCUT2D eigenvalue weighted by Crippen LogP contribution is 2.26. The highest BCUT2D eigenvalue weighted by Gasteiger charge is 2.05. The minimum absolute atomic E-state index is 0.713. The SMILES string of the molecule is COc1c[nH]c2ccc(Cn3cncn3)cc12. The quantitative estimate of drug-likeness (QED) is 0.743. The van der Waals surface area contributed by atoms with Gasteiger partial charge in [-0.1, -0.05) is 6.07 Å². The molecule has 0 spiro atoms. The molecule has 86 valence electrons. The van der Waals surface area contributed by atoms with E-state index in [2.05, 4.69) is 27.2 Å². The number of methoxy groups -OCH3 is 1. The zero-order chi connectivity index (χ0) is 11.7. The molecule has 2 heterocycles. The van der Waals surface area contributed by atoms with Crippen molar-refractivity contribution in [1.82, 2.24) is 19.7 Å². The van der Waals surface area contributed by atoms with E-state index in [1.807, 2.05) is 12.3 Å². The van der Waals surface area contributed by atoms with E-state index in [1.165, 1.54) is 11.9 Å². The van der Waals surface area contributed by atoms with E-state index < -0.39 is 0 Å². The lowest BCUT2D eigenvalue weighted by Gasteiger charge is -2.02. The molecule has 0 saturated heterocycles. The third kappa shape index (κ3) is 1.75. The van der Waals surface area contributed by atoms with Crippen LogP contribution in [0.2, 0.25) is 0 Å². The molecule has 5 heteroatoms. The van der Waals surface area contributed by atoms with Crippen LogP contribution in [0.25, 0.3) is 10.9 Å². The lowest BCUT2D eigenvalue weighted by Crippen LogP contribution is -1.99. The maximum absolute atomic E-state index is 5.29. The fourth-order valence-electron chi connectivity index (χ4n) is 1.91. The van der Waals surface area contributed by atoms with E-state index in [0.717, 1.165) is 16.7 Å². The number of benzene rings is 1. The molecule has 0 aliphatic carbocycles. The second-order valence-electron chi connectivity index (χ2n) is 3.83. The number of fused-ring (bicyclic) bond motifs is 1. The first-order chi connectivity index (χ1) is 8.36. The lowest BCUT2D eigenvalue weighted by molar-refractivity contribution is 0.419. The zero-order valence-corrected chi connectivity index (χ0v) is 9.42. The van der Waals surface area contributed by atoms with Gasteiger partial charge in [0.15, 0.2) is 0 Å². The summed E-state index contributed by atoms with van der Waals surface area (Å²) in [5.41, 5.74) is 2.24. The van der Waals surface area contributed by atoms with Crippen LogP contribution in [0.1, 0.15) is 5.56 Å². The molecule has 3 rings (SSSR count). The van der Waals surface area contributed by atoms with Crippen molar-refractivity contribution in [2.45, 2.75) is 6.54 Å². The second-order valence-corrected chi connectivity index (χ2v) is 3.83. The Labute approximate surface area is 98.0 Å². The van der Waals surface area contributed by atoms with Crippen LogP contribution in [0, 0.1) is 0 Å². The molecule has 0 fully saturated rings. The van der Waals surface area contributed by atoms with Gasteiger partial charge >= 0.3 is 0 Å². The van der Waals surface area contributed by atoms with Gasteiger partial charge < -0.3 is 9.72 Å². The van der Waals surface area contributed by atoms with Crippen LogP contribution in [0.5, 0.6) is 5.75 Å². The molecular formula is C12H12N4O. The second kappa shape index (κ2) is 3.93. The summed E-state index contributed by atoms with van der Waals surface area (Å²) in [5.74, 6) is 0.862. The van der Waals surface area contributed by atoms with Crippen LogP contribution < -0.4 is 4.74 Å². The summed E-state index contributed by atoms with van der Waals surface area (Å²) in [6.45, 7) is 0.713. The van der Waals surface area contributed by atoms with Gasteiger partial charge in [0.05, 0.1) is 13.7 Å². The van der Waals surface area contributed by atoms with Crippen LogP contribution in [0.4, 0.5) is 0 Å². The van der Waals surface area contributed by atoms with Gasteiger partial charge in [-0.2, -0.15) is 5.10 Å². The molecule has 0 radical (unpaired) electrons. The van der Waals surface area contributed by atoms with E-state index in [-0.39, 0.29) is 0 Å². The minimum Gasteiger partial charge on any atom is -0.495 e. The molecule has 0 aliphatic heterocycles. The molecule has 17 heavy (non-hydrogen) atoms. The average Bonchev–Trinajstić information content (AvgIpc) is 2.97. The largest absolute Gasteiger partial charge is 0.495 e. The molecule has 2 aromatic heterocycles. The van der Waals surface area contributed by atoms with Crippen LogP contribution in [-0.4, -0.2) is 26.9 Å². The third-order valence-electron chi connectivity index (χ3n) is 2.74. The standard InChI is InChI=1S/C12H12N4O/c1-17-12-5-14-11-3-2-9(4-10(11)12)6-16-8-13-7-15-16/h2-5,7-8,14H,6H2,1H3. The predicted octanol–water partition coefficient (Wildman–Crippen LogP) is 1.82. The number of rotatable bonds is 3. The molecule has 5 nitrogen and oxygen atoms in total. The van der Waals surface area contributed by atoms with Crippen molar-refractivity contribution in [2.75, 3.05) is 7.11 Å². The first kappa shape index (κ1) is 9.89. The van der Waals surface area contributed by atoms with Crippen molar-refractivity contribution in [1.29, 1.82) is 0 Å². The number of ether oxygens (including phenoxy) is 1. The fourth-order valence-corrected chi connectivity index (χ4v) is 1.91. The van der Waals surface area contributed by atoms with Crippen molar-refractivity contribution in [3.05, 3.63) is 42.6 Å². The van der Waals surface area contributed by atoms with Crippen molar-refractivity contribution in [3.63, 3.8) is 0 Å². The summed E-state index contributed by atoms with van der Waals surface area (Å²) in [6, 6.07) is 6.22. The number of nitrogens with zero attached hydrogens (tertiary/aromatic N) is 3. The number of hydrogen-bond acceptors (Lipinski definition) is 3. The predicted molar refractivity (Wildman–Crippen MR) is 64.0 cm³/mol. The van der Waals surface area contributed by atoms with Gasteiger partial charge in [-0.05, 0) is 17.7 Å². The Bertz CT molecular complexity index is 627. The molecule has 0 saturated carbocycles. The number of H-pyrrole nitrogens is 1. The Kier molecular flexibility index (Phi) is 2.29. The Morgan fingerprint density at radius 2 is 2.35 bits per heavy atom. The van der Waals surface area contributed by atoms with Crippen molar-refractivity contribution in [2.24, 2.45) is 0 Å². The average molecular weight is 228 g/mol. The molecule has 0 atom stereocenters. The fraction of sp³-hybridized carbons (Fsp3) is 0.167. The smallest absolute Gasteiger partial charge is 0.144 e. The third-order valence-corrected chi connectivity index (χ3v) is 2.74. The number of aromatic amines is 1. The number of nitrogens with one attached hydrogen (secondary N) is 1. The minimum atomic E-state index is 0.713. The lowest BCUT2D eigenvalue weighted by atomic mass is 10.1. The van der Waals surface area contributed by atoms with E-state index in [0.29, 0.717) is 6.54 Å². The van der Waals surface area contributed by atoms with Gasteiger partial charge in [-0.15, -0.1) is 0 Å². The topological polar surface area (TPSA) is 55.7 Å². The molecule has 0 bridgehead atoms. The van der Waals surface area contributed by atoms with Crippen LogP contribution in [0.3, 0.4) is 0 Å². The van der Waals surface area contributed by atoms with Crippen LogP contribution in [-0.2, 0) is 6.54 Å². The summed E-state index contributed by atoms with van der Waals surface area (Å²) in [4.78, 5) is 7.09. The number of aromatic nitrogens is 4. The summed E-state index contributed by atoms with van der Waals surface area (Å²) in [5, 5.41) is 5.18. The van der Waals surface area contributed by atoms with Gasteiger partial charge in [-0.3, -0.25) is 0 Å². The summed E-state index contributed by atoms with van der Waals surface area (Å²) in [7, 11) is 1.67. The van der Waals surface area contributed by atoms with Gasteiger partial charge in [0.2, 0.25) is 0 Å². The molecular weight excluding hydrogens is 216 g/mol. The van der Waals surface area contributed by atoms with Gasteiger partial charge in [0.25, 0.3) is 0 Å². The van der Waals surface area contributed by atoms with Crippen molar-refractivity contribution >= 4 is 10.9 Å². The monoisotopic (exact) mass is 228 g/mol. The van der Waals surface area contributed by atoms with Gasteiger partial charge in [0.1, 0.15) is 18.4 Å². The van der Waals surface area contributed by atoms with Crippen LogP contribution >= 0.6 is 0 Å². The first-order valence-corrected chi connectivity index (χ1v) is 5.33. The normalized spacial score (nSPS) is 10.9. The number of hydrogen-bond donors (Lipinski definition) is 1. The van der Waals surface area contributed by atoms with E-state index in [9.17, 15) is 0 Å². The maximum Gasteiger partial charge on any atom is 0.144 e. The summed E-state index contributed by atoms with van der Waals surface area (Å²) >= 11 is 0. The van der Waals surface area contributed by atoms with Gasteiger partial charge in [0, 0.05) is 17.1 Å². The molecule has 0 unspecified atom stereocenters. The Morgan fingerprint density at radius 3 is 3.12 bits per heavy atom. The molecule has 1 N–H and O–H groups in total. The Balaban J connectivity index is 2.00. The molecule has 0 amide bonds. The maximum atomic E-state index is 5.29. The summed E-state index contributed by atoms with van der Waals surface area (Å²) < 4.78 is 7.08. The molecule has 1 aromatic carbocycles. The summed E-state index contributed by atoms with van der Waals surface area (Å²) in [6.07, 6.45) is 5.11. The van der Waals surface area contributed by atoms with E-state index >= 15 is 0 Å². The zero-order valence-electron chi connectivity index (χ0n) is 9.42.